The molecule has 164 valence electrons. The van der Waals surface area contributed by atoms with E-state index in [0.29, 0.717) is 36.8 Å². The zero-order chi connectivity index (χ0) is 20.4. The fourth-order valence-corrected chi connectivity index (χ4v) is 7.97. The summed E-state index contributed by atoms with van der Waals surface area (Å²) in [4.78, 5) is 24.5. The quantitative estimate of drug-likeness (QED) is 0.516. The predicted molar refractivity (Wildman–Crippen MR) is 120 cm³/mol. The summed E-state index contributed by atoms with van der Waals surface area (Å²) >= 11 is 1.73. The third-order valence-electron chi connectivity index (χ3n) is 8.59. The Balaban J connectivity index is 1.04. The molecule has 0 unspecified atom stereocenters. The maximum Gasteiger partial charge on any atom is 0.221 e. The van der Waals surface area contributed by atoms with Crippen LogP contribution in [0, 0.1) is 35.5 Å². The van der Waals surface area contributed by atoms with Gasteiger partial charge in [0.05, 0.1) is 0 Å². The molecule has 4 aliphatic rings. The molecule has 2 amide bonds. The number of nitrogens with one attached hydrogen (secondary N) is 2. The molecule has 0 saturated heterocycles. The van der Waals surface area contributed by atoms with Gasteiger partial charge in [-0.2, -0.15) is 11.8 Å². The zero-order valence-corrected chi connectivity index (χ0v) is 19.1. The van der Waals surface area contributed by atoms with Crippen molar-refractivity contribution in [2.24, 2.45) is 35.5 Å². The molecule has 4 saturated carbocycles. The fourth-order valence-electron chi connectivity index (χ4n) is 7.11. The van der Waals surface area contributed by atoms with Gasteiger partial charge < -0.3 is 10.6 Å². The Kier molecular flexibility index (Phi) is 7.14. The third-order valence-corrected chi connectivity index (χ3v) is 9.58. The summed E-state index contributed by atoms with van der Waals surface area (Å²) in [5, 5.41) is 6.49. The fraction of sp³-hybridized carbons (Fsp3) is 0.917. The minimum atomic E-state index is 0.183. The molecule has 29 heavy (non-hydrogen) atoms. The predicted octanol–water partition coefficient (Wildman–Crippen LogP) is 4.38. The van der Waals surface area contributed by atoms with Crippen molar-refractivity contribution in [2.75, 3.05) is 11.5 Å². The number of carbonyl (C=O) groups excluding carboxylic acids is 2. The highest BCUT2D eigenvalue weighted by Crippen LogP contribution is 2.50. The van der Waals surface area contributed by atoms with E-state index in [-0.39, 0.29) is 11.8 Å². The molecule has 4 fully saturated rings. The number of amides is 2. The van der Waals surface area contributed by atoms with Crippen LogP contribution in [0.25, 0.3) is 0 Å². The second-order valence-corrected chi connectivity index (χ2v) is 11.7. The molecule has 5 heteroatoms. The van der Waals surface area contributed by atoms with E-state index in [1.807, 2.05) is 0 Å². The summed E-state index contributed by atoms with van der Waals surface area (Å²) in [5.41, 5.74) is 0. The normalized spacial score (nSPS) is 36.9. The topological polar surface area (TPSA) is 58.2 Å². The van der Waals surface area contributed by atoms with Crippen LogP contribution in [0.5, 0.6) is 0 Å². The maximum atomic E-state index is 12.3. The Bertz CT molecular complexity index is 547. The minimum Gasteiger partial charge on any atom is -0.353 e. The molecule has 4 bridgehead atoms. The molecule has 4 nitrogen and oxygen atoms in total. The molecular formula is C24H40N2O2S. The number of carbonyl (C=O) groups is 2. The molecule has 0 aromatic heterocycles. The molecule has 0 radical (unpaired) electrons. The van der Waals surface area contributed by atoms with E-state index in [2.05, 4.69) is 24.5 Å². The Morgan fingerprint density at radius 3 is 1.55 bits per heavy atom. The highest BCUT2D eigenvalue weighted by atomic mass is 32.2. The largest absolute Gasteiger partial charge is 0.353 e. The van der Waals surface area contributed by atoms with Crippen LogP contribution in [0.15, 0.2) is 0 Å². The molecule has 0 aliphatic heterocycles. The Hall–Kier alpha value is -0.710. The van der Waals surface area contributed by atoms with E-state index in [9.17, 15) is 9.59 Å². The van der Waals surface area contributed by atoms with Crippen molar-refractivity contribution < 1.29 is 9.59 Å². The lowest BCUT2D eigenvalue weighted by Gasteiger charge is -2.28. The summed E-state index contributed by atoms with van der Waals surface area (Å²) < 4.78 is 0. The number of hydrogen-bond donors (Lipinski definition) is 2. The molecule has 8 atom stereocenters. The Labute approximate surface area is 181 Å². The van der Waals surface area contributed by atoms with Crippen molar-refractivity contribution in [3.63, 3.8) is 0 Å². The smallest absolute Gasteiger partial charge is 0.221 e. The van der Waals surface area contributed by atoms with Gasteiger partial charge in [0.1, 0.15) is 0 Å². The van der Waals surface area contributed by atoms with E-state index in [4.69, 9.17) is 0 Å². The van der Waals surface area contributed by atoms with Gasteiger partial charge in [0.25, 0.3) is 0 Å². The van der Waals surface area contributed by atoms with Crippen molar-refractivity contribution in [2.45, 2.75) is 90.1 Å². The van der Waals surface area contributed by atoms with E-state index < -0.39 is 0 Å². The highest BCUT2D eigenvalue weighted by molar-refractivity contribution is 7.99. The molecule has 0 spiro atoms. The van der Waals surface area contributed by atoms with Crippen LogP contribution < -0.4 is 10.6 Å². The van der Waals surface area contributed by atoms with Crippen LogP contribution in [0.4, 0.5) is 0 Å². The first-order chi connectivity index (χ1) is 14.0. The number of hydrogen-bond acceptors (Lipinski definition) is 3. The summed E-state index contributed by atoms with van der Waals surface area (Å²) in [7, 11) is 0. The van der Waals surface area contributed by atoms with Gasteiger partial charge in [-0.1, -0.05) is 12.8 Å². The van der Waals surface area contributed by atoms with Crippen molar-refractivity contribution in [3.05, 3.63) is 0 Å². The molecule has 4 rings (SSSR count). The average Bonchev–Trinajstić information content (AvgIpc) is 3.48. The van der Waals surface area contributed by atoms with Crippen molar-refractivity contribution in [1.82, 2.24) is 10.6 Å². The molecule has 4 aliphatic carbocycles. The van der Waals surface area contributed by atoms with Gasteiger partial charge in [-0.3, -0.25) is 9.59 Å². The summed E-state index contributed by atoms with van der Waals surface area (Å²) in [6, 6.07) is 0.641. The first-order valence-corrected chi connectivity index (χ1v) is 13.3. The average molecular weight is 421 g/mol. The van der Waals surface area contributed by atoms with Crippen molar-refractivity contribution in [1.29, 1.82) is 0 Å². The van der Waals surface area contributed by atoms with Crippen LogP contribution in [-0.4, -0.2) is 35.4 Å². The number of fused-ring (bicyclic) bond motifs is 4. The second kappa shape index (κ2) is 9.62. The van der Waals surface area contributed by atoms with Gasteiger partial charge in [0, 0.05) is 36.4 Å². The monoisotopic (exact) mass is 420 g/mol. The van der Waals surface area contributed by atoms with Gasteiger partial charge in [0.15, 0.2) is 0 Å². The number of rotatable bonds is 10. The summed E-state index contributed by atoms with van der Waals surface area (Å²) in [5.74, 6) is 6.95. The van der Waals surface area contributed by atoms with Gasteiger partial charge in [0.2, 0.25) is 11.8 Å². The van der Waals surface area contributed by atoms with E-state index in [0.717, 1.165) is 35.2 Å². The van der Waals surface area contributed by atoms with E-state index >= 15 is 0 Å². The first-order valence-electron chi connectivity index (χ1n) is 12.2. The van der Waals surface area contributed by atoms with Crippen LogP contribution in [0.2, 0.25) is 0 Å². The van der Waals surface area contributed by atoms with Crippen LogP contribution >= 0.6 is 11.8 Å². The van der Waals surface area contributed by atoms with Crippen molar-refractivity contribution >= 4 is 23.6 Å². The molecular weight excluding hydrogens is 380 g/mol. The summed E-state index contributed by atoms with van der Waals surface area (Å²) in [6.07, 6.45) is 12.1. The van der Waals surface area contributed by atoms with Gasteiger partial charge in [-0.25, -0.2) is 0 Å². The van der Waals surface area contributed by atoms with Gasteiger partial charge >= 0.3 is 0 Å². The van der Waals surface area contributed by atoms with Gasteiger partial charge in [-0.05, 0) is 87.9 Å². The molecule has 0 aromatic rings. The zero-order valence-electron chi connectivity index (χ0n) is 18.3. The van der Waals surface area contributed by atoms with Crippen LogP contribution in [0.1, 0.15) is 78.1 Å². The lowest BCUT2D eigenvalue weighted by Crippen LogP contribution is -2.40. The highest BCUT2D eigenvalue weighted by Gasteiger charge is 2.43. The molecule has 0 aromatic carbocycles. The third kappa shape index (κ3) is 5.32. The van der Waals surface area contributed by atoms with Crippen LogP contribution in [-0.2, 0) is 9.59 Å². The number of thioether (sulfide) groups is 1. The van der Waals surface area contributed by atoms with E-state index in [1.54, 1.807) is 11.8 Å². The summed E-state index contributed by atoms with van der Waals surface area (Å²) in [6.45, 7) is 4.39. The first kappa shape index (κ1) is 21.5. The lowest BCUT2D eigenvalue weighted by molar-refractivity contribution is -0.122. The Morgan fingerprint density at radius 2 is 1.21 bits per heavy atom. The minimum absolute atomic E-state index is 0.183. The van der Waals surface area contributed by atoms with Crippen molar-refractivity contribution in [3.8, 4) is 0 Å². The van der Waals surface area contributed by atoms with Crippen LogP contribution in [0.3, 0.4) is 0 Å². The SMILES string of the molecule is C[C@H](NC(=O)CCSCCC(=O)N[C@H](C)[C@@H]1C[C@H]2CC[C@H]1C2)[C@H]1C[C@H]2CC[C@H]1C2. The van der Waals surface area contributed by atoms with E-state index in [1.165, 1.54) is 51.4 Å². The second-order valence-electron chi connectivity index (χ2n) is 10.5. The standard InChI is InChI=1S/C24H40N2O2S/c1-15(21-13-17-3-5-19(21)11-17)25-23(27)7-9-29-10-8-24(28)26-16(2)22-14-18-4-6-20(22)12-18/h15-22H,3-14H2,1-2H3,(H,25,27)(H,26,28)/t15-,16+,17-,18-,19-,20-,21+,22-/m0/s1. The lowest BCUT2D eigenvalue weighted by atomic mass is 9.84. The Morgan fingerprint density at radius 1 is 0.759 bits per heavy atom. The molecule has 0 heterocycles. The molecule has 2 N–H and O–H groups in total. The maximum absolute atomic E-state index is 12.3. The van der Waals surface area contributed by atoms with Gasteiger partial charge in [-0.15, -0.1) is 0 Å².